The number of primary amides is 1. The Labute approximate surface area is 405 Å². The van der Waals surface area contributed by atoms with Crippen molar-refractivity contribution in [3.05, 3.63) is 29.8 Å². The van der Waals surface area contributed by atoms with Crippen molar-refractivity contribution in [3.63, 3.8) is 0 Å². The van der Waals surface area contributed by atoms with E-state index in [1.165, 1.54) is 84.0 Å². The van der Waals surface area contributed by atoms with Gasteiger partial charge in [0.1, 0.15) is 11.8 Å². The van der Waals surface area contributed by atoms with E-state index in [0.29, 0.717) is 57.2 Å². The molecule has 0 aromatic heterocycles. The third kappa shape index (κ3) is 29.2. The van der Waals surface area contributed by atoms with Gasteiger partial charge in [0.05, 0.1) is 25.2 Å². The Morgan fingerprint density at radius 2 is 1.15 bits per heavy atom. The lowest BCUT2D eigenvalue weighted by Gasteiger charge is -2.25. The number of nitrogens with two attached hydrogens (primary N) is 3. The molecule has 0 heterocycles. The zero-order valence-electron chi connectivity index (χ0n) is 41.6. The van der Waals surface area contributed by atoms with E-state index in [1.54, 1.807) is 12.1 Å². The zero-order valence-corrected chi connectivity index (χ0v) is 41.6. The lowest BCUT2D eigenvalue weighted by atomic mass is 9.89. The third-order valence-corrected chi connectivity index (χ3v) is 12.2. The fraction of sp³-hybridized carbons (Fsp3) is 0.725. The van der Waals surface area contributed by atoms with Crippen LogP contribution in [0.25, 0.3) is 0 Å². The summed E-state index contributed by atoms with van der Waals surface area (Å²) in [6.07, 6.45) is 17.5. The number of carbonyl (C=O) groups excluding carboxylic acids is 8. The van der Waals surface area contributed by atoms with E-state index in [2.05, 4.69) is 28.2 Å². The van der Waals surface area contributed by atoms with Gasteiger partial charge in [-0.15, -0.1) is 0 Å². The molecule has 5 atom stereocenters. The van der Waals surface area contributed by atoms with Gasteiger partial charge in [0.2, 0.25) is 29.5 Å². The molecule has 0 unspecified atom stereocenters. The molecule has 0 saturated heterocycles. The average molecular weight is 958 g/mol. The number of unbranched alkanes of at least 4 members (excludes halogenated alkanes) is 14. The number of ketones is 3. The van der Waals surface area contributed by atoms with E-state index in [4.69, 9.17) is 21.9 Å². The minimum absolute atomic E-state index is 0.00475. The maximum absolute atomic E-state index is 14.1. The maximum atomic E-state index is 14.1. The first-order valence-corrected chi connectivity index (χ1v) is 25.3. The summed E-state index contributed by atoms with van der Waals surface area (Å²) in [6.45, 7) is 3.81. The van der Waals surface area contributed by atoms with Gasteiger partial charge in [-0.25, -0.2) is 0 Å². The van der Waals surface area contributed by atoms with Crippen LogP contribution in [-0.4, -0.2) is 103 Å². The molecule has 17 heteroatoms. The Hall–Kier alpha value is -4.74. The molecule has 0 fully saturated rings. The number of Topliss-reactive ketones (excluding diaryl/α,β-unsaturated/α-hetero) is 3. The van der Waals surface area contributed by atoms with Crippen LogP contribution in [0.15, 0.2) is 24.3 Å². The number of phenolic OH excluding ortho intramolecular Hbond substituents is 1. The van der Waals surface area contributed by atoms with Crippen LogP contribution in [0.1, 0.15) is 174 Å². The molecule has 0 radical (unpaired) electrons. The number of methoxy groups -OCH3 is 1. The summed E-state index contributed by atoms with van der Waals surface area (Å²) in [5.74, 6) is -6.10. The van der Waals surface area contributed by atoms with Crippen molar-refractivity contribution < 1.29 is 48.2 Å². The van der Waals surface area contributed by atoms with Crippen LogP contribution in [0, 0.1) is 11.8 Å². The van der Waals surface area contributed by atoms with Gasteiger partial charge in [0.15, 0.2) is 17.3 Å². The SMILES string of the molecule is CCCCCCCCCCCCCCCC(=O)N[C@@H](COC)C(=O)NCC(=O)C[C@@H](Cc1ccc(O)cc1)C(=O)N[C@@H](CCC(N)=O)C(=O)C[C@@H](CCCCN)C(=O)N[C@@H](CCCCN)C(C)=O. The van der Waals surface area contributed by atoms with Crippen LogP contribution in [0.5, 0.6) is 5.75 Å². The van der Waals surface area contributed by atoms with Crippen molar-refractivity contribution in [3.8, 4) is 5.75 Å². The summed E-state index contributed by atoms with van der Waals surface area (Å²) >= 11 is 0. The average Bonchev–Trinajstić information content (AvgIpc) is 3.30. The number of rotatable bonds is 43. The summed E-state index contributed by atoms with van der Waals surface area (Å²) in [5.41, 5.74) is 17.4. The third-order valence-electron chi connectivity index (χ3n) is 12.2. The summed E-state index contributed by atoms with van der Waals surface area (Å²) < 4.78 is 5.19. The molecule has 1 aromatic rings. The minimum Gasteiger partial charge on any atom is -0.508 e. The Morgan fingerprint density at radius 1 is 0.603 bits per heavy atom. The molecule has 386 valence electrons. The molecule has 0 spiro atoms. The topological polar surface area (TPSA) is 292 Å². The number of benzene rings is 1. The highest BCUT2D eigenvalue weighted by atomic mass is 16.5. The summed E-state index contributed by atoms with van der Waals surface area (Å²) in [4.78, 5) is 106. The van der Waals surface area contributed by atoms with Crippen molar-refractivity contribution in [2.75, 3.05) is 33.4 Å². The van der Waals surface area contributed by atoms with Crippen molar-refractivity contribution >= 4 is 46.9 Å². The smallest absolute Gasteiger partial charge is 0.245 e. The fourth-order valence-electron chi connectivity index (χ4n) is 8.04. The van der Waals surface area contributed by atoms with Gasteiger partial charge in [-0.1, -0.05) is 103 Å². The second-order valence-electron chi connectivity index (χ2n) is 18.3. The number of ether oxygens (including phenoxy) is 1. The van der Waals surface area contributed by atoms with Gasteiger partial charge in [-0.2, -0.15) is 0 Å². The summed E-state index contributed by atoms with van der Waals surface area (Å²) in [7, 11) is 1.39. The molecule has 0 saturated carbocycles. The van der Waals surface area contributed by atoms with E-state index in [0.717, 1.165) is 19.3 Å². The molecule has 1 rings (SSSR count). The molecule has 0 aliphatic heterocycles. The van der Waals surface area contributed by atoms with Crippen LogP contribution in [0.3, 0.4) is 0 Å². The molecule has 0 aliphatic rings. The lowest BCUT2D eigenvalue weighted by Crippen LogP contribution is -2.50. The second-order valence-corrected chi connectivity index (χ2v) is 18.3. The predicted molar refractivity (Wildman–Crippen MR) is 264 cm³/mol. The highest BCUT2D eigenvalue weighted by molar-refractivity contribution is 5.96. The quantitative estimate of drug-likeness (QED) is 0.0406. The van der Waals surface area contributed by atoms with Crippen LogP contribution in [0.2, 0.25) is 0 Å². The minimum atomic E-state index is -1.26. The number of phenols is 1. The fourth-order valence-corrected chi connectivity index (χ4v) is 8.04. The van der Waals surface area contributed by atoms with Gasteiger partial charge in [0.25, 0.3) is 0 Å². The molecule has 5 amide bonds. The summed E-state index contributed by atoms with van der Waals surface area (Å²) in [6, 6.07) is 2.95. The molecular formula is C51H87N7O10. The number of aromatic hydroxyl groups is 1. The van der Waals surface area contributed by atoms with Crippen LogP contribution in [-0.2, 0) is 49.5 Å². The zero-order chi connectivity index (χ0) is 50.5. The first-order chi connectivity index (χ1) is 32.6. The molecule has 1 aromatic carbocycles. The summed E-state index contributed by atoms with van der Waals surface area (Å²) in [5, 5.41) is 20.6. The van der Waals surface area contributed by atoms with E-state index in [9.17, 15) is 43.5 Å². The Kier molecular flexibility index (Phi) is 34.4. The Balaban J connectivity index is 3.01. The number of hydrogen-bond acceptors (Lipinski definition) is 12. The largest absolute Gasteiger partial charge is 0.508 e. The van der Waals surface area contributed by atoms with Crippen molar-refractivity contribution in [1.82, 2.24) is 21.3 Å². The monoisotopic (exact) mass is 958 g/mol. The van der Waals surface area contributed by atoms with Crippen LogP contribution in [0.4, 0.5) is 0 Å². The number of carbonyl (C=O) groups is 8. The van der Waals surface area contributed by atoms with Gasteiger partial charge >= 0.3 is 0 Å². The normalized spacial score (nSPS) is 13.4. The Morgan fingerprint density at radius 3 is 1.69 bits per heavy atom. The van der Waals surface area contributed by atoms with Crippen LogP contribution >= 0.6 is 0 Å². The van der Waals surface area contributed by atoms with Gasteiger partial charge in [-0.3, -0.25) is 38.4 Å². The van der Waals surface area contributed by atoms with E-state index >= 15 is 0 Å². The number of amides is 5. The van der Waals surface area contributed by atoms with Crippen molar-refractivity contribution in [2.24, 2.45) is 29.0 Å². The highest BCUT2D eigenvalue weighted by Gasteiger charge is 2.32. The molecule has 0 aliphatic carbocycles. The van der Waals surface area contributed by atoms with Crippen molar-refractivity contribution in [1.29, 1.82) is 0 Å². The maximum Gasteiger partial charge on any atom is 0.245 e. The first-order valence-electron chi connectivity index (χ1n) is 25.3. The standard InChI is InChI=1S/C51H87N7O10/c1-4-5-6-7-8-9-10-11-12-13-14-15-16-23-48(64)56-45(36-68-3)51(67)55-35-42(61)33-40(32-38-24-26-41(60)27-25-38)50(66)58-44(28-29-47(54)63)46(62)34-39(21-17-19-30-52)49(65)57-43(37(2)59)22-18-20-31-53/h24-27,39-40,43-45,60H,4-23,28-36,52-53H2,1-3H3,(H2,54,63)(H,55,67)(H,56,64)(H,57,65)(H,58,66)/t39-,40-,43+,44+,45+/m1/s1. The molecule has 11 N–H and O–H groups in total. The van der Waals surface area contributed by atoms with Gasteiger partial charge < -0.3 is 48.3 Å². The number of hydrogen-bond donors (Lipinski definition) is 8. The van der Waals surface area contributed by atoms with E-state index < -0.39 is 71.7 Å². The molecular weight excluding hydrogens is 871 g/mol. The van der Waals surface area contributed by atoms with Crippen molar-refractivity contribution in [2.45, 2.75) is 192 Å². The first kappa shape index (κ1) is 61.3. The van der Waals surface area contributed by atoms with E-state index in [1.807, 2.05) is 0 Å². The van der Waals surface area contributed by atoms with Gasteiger partial charge in [-0.05, 0) is 89.1 Å². The molecule has 68 heavy (non-hydrogen) atoms. The predicted octanol–water partition coefficient (Wildman–Crippen LogP) is 4.90. The highest BCUT2D eigenvalue weighted by Crippen LogP contribution is 2.21. The van der Waals surface area contributed by atoms with Crippen LogP contribution < -0.4 is 38.5 Å². The number of nitrogens with one attached hydrogen (secondary N) is 4. The van der Waals surface area contributed by atoms with E-state index in [-0.39, 0.29) is 69.0 Å². The second kappa shape index (κ2) is 38.1. The lowest BCUT2D eigenvalue weighted by molar-refractivity contribution is -0.135. The molecule has 0 bridgehead atoms. The van der Waals surface area contributed by atoms with Gasteiger partial charge in [0, 0.05) is 44.6 Å². The Bertz CT molecular complexity index is 1640. The molecule has 17 nitrogen and oxygen atoms in total.